The summed E-state index contributed by atoms with van der Waals surface area (Å²) in [5.41, 5.74) is 3.01. The summed E-state index contributed by atoms with van der Waals surface area (Å²) in [5.74, 6) is -1.68. The van der Waals surface area contributed by atoms with Gasteiger partial charge in [-0.15, -0.1) is 0 Å². The van der Waals surface area contributed by atoms with Gasteiger partial charge in [0.25, 0.3) is 5.91 Å². The van der Waals surface area contributed by atoms with Crippen LogP contribution in [0.1, 0.15) is 34.2 Å². The van der Waals surface area contributed by atoms with Gasteiger partial charge in [0.2, 0.25) is 5.78 Å². The first-order valence-corrected chi connectivity index (χ1v) is 7.37. The molecule has 1 amide bonds. The van der Waals surface area contributed by atoms with Crippen LogP contribution in [0.4, 0.5) is 5.69 Å². The molecule has 1 aromatic carbocycles. The molecule has 2 rings (SSSR count). The molecule has 0 unspecified atom stereocenters. The Kier molecular flexibility index (Phi) is 5.13. The fourth-order valence-electron chi connectivity index (χ4n) is 2.36. The van der Waals surface area contributed by atoms with Crippen molar-refractivity contribution < 1.29 is 19.1 Å². The normalized spacial score (nSPS) is 10.3. The number of amides is 1. The third-order valence-corrected chi connectivity index (χ3v) is 3.68. The number of nitrogens with zero attached hydrogens (tertiary/aromatic N) is 2. The number of hydrogen-bond donors (Lipinski definition) is 1. The summed E-state index contributed by atoms with van der Waals surface area (Å²) in [7, 11) is 1.33. The number of aryl methyl sites for hydroxylation is 1. The Balaban J connectivity index is 2.34. The lowest BCUT2D eigenvalue weighted by molar-refractivity contribution is -0.133. The van der Waals surface area contributed by atoms with Crippen molar-refractivity contribution >= 4 is 23.3 Å². The van der Waals surface area contributed by atoms with E-state index >= 15 is 0 Å². The van der Waals surface area contributed by atoms with Crippen molar-refractivity contribution in [1.29, 1.82) is 0 Å². The Morgan fingerprint density at radius 3 is 2.50 bits per heavy atom. The van der Waals surface area contributed by atoms with Crippen molar-refractivity contribution in [2.75, 3.05) is 12.4 Å². The van der Waals surface area contributed by atoms with Crippen LogP contribution in [0.15, 0.2) is 24.3 Å². The molecule has 0 aliphatic carbocycles. The first-order chi connectivity index (χ1) is 11.3. The Bertz CT molecular complexity index is 808. The lowest BCUT2D eigenvalue weighted by atomic mass is 10.1. The predicted molar refractivity (Wildman–Crippen MR) is 87.9 cm³/mol. The van der Waals surface area contributed by atoms with Crippen molar-refractivity contribution in [3.63, 3.8) is 0 Å². The van der Waals surface area contributed by atoms with E-state index in [1.165, 1.54) is 14.0 Å². The van der Waals surface area contributed by atoms with Gasteiger partial charge < -0.3 is 10.1 Å². The number of ketones is 1. The van der Waals surface area contributed by atoms with Crippen LogP contribution in [0, 0.1) is 13.8 Å². The molecular weight excluding hydrogens is 310 g/mol. The molecule has 0 atom stereocenters. The first-order valence-electron chi connectivity index (χ1n) is 7.37. The van der Waals surface area contributed by atoms with Gasteiger partial charge in [0.1, 0.15) is 0 Å². The summed E-state index contributed by atoms with van der Waals surface area (Å²) >= 11 is 0. The van der Waals surface area contributed by atoms with Crippen LogP contribution in [0.5, 0.6) is 0 Å². The van der Waals surface area contributed by atoms with E-state index in [4.69, 9.17) is 4.74 Å². The van der Waals surface area contributed by atoms with Crippen molar-refractivity contribution in [3.05, 3.63) is 46.8 Å². The highest BCUT2D eigenvalue weighted by atomic mass is 16.5. The number of ether oxygens (including phenoxy) is 1. The van der Waals surface area contributed by atoms with Crippen molar-refractivity contribution in [3.8, 4) is 0 Å². The van der Waals surface area contributed by atoms with Gasteiger partial charge in [0.15, 0.2) is 0 Å². The van der Waals surface area contributed by atoms with Crippen LogP contribution in [0.2, 0.25) is 0 Å². The molecule has 7 nitrogen and oxygen atoms in total. The molecule has 24 heavy (non-hydrogen) atoms. The van der Waals surface area contributed by atoms with Gasteiger partial charge in [-0.1, -0.05) is 18.2 Å². The molecular formula is C17H19N3O4. The van der Waals surface area contributed by atoms with E-state index in [-0.39, 0.29) is 0 Å². The van der Waals surface area contributed by atoms with E-state index in [2.05, 4.69) is 10.4 Å². The lowest BCUT2D eigenvalue weighted by Crippen LogP contribution is -2.20. The highest BCUT2D eigenvalue weighted by Crippen LogP contribution is 2.21. The summed E-state index contributed by atoms with van der Waals surface area (Å²) in [5, 5.41) is 6.95. The summed E-state index contributed by atoms with van der Waals surface area (Å²) < 4.78 is 6.46. The third-order valence-electron chi connectivity index (χ3n) is 3.68. The van der Waals surface area contributed by atoms with Gasteiger partial charge >= 0.3 is 5.97 Å². The Morgan fingerprint density at radius 2 is 1.88 bits per heavy atom. The quantitative estimate of drug-likeness (QED) is 0.668. The minimum atomic E-state index is -0.685. The maximum Gasteiger partial charge on any atom is 0.338 e. The number of methoxy groups -OCH3 is 1. The molecule has 0 radical (unpaired) electrons. The van der Waals surface area contributed by atoms with Gasteiger partial charge in [0, 0.05) is 6.92 Å². The molecule has 0 spiro atoms. The van der Waals surface area contributed by atoms with Crippen LogP contribution in [0.25, 0.3) is 0 Å². The third kappa shape index (κ3) is 3.51. The van der Waals surface area contributed by atoms with E-state index in [9.17, 15) is 14.4 Å². The molecule has 1 aromatic heterocycles. The van der Waals surface area contributed by atoms with Crippen LogP contribution in [0.3, 0.4) is 0 Å². The Hall–Kier alpha value is -2.96. The maximum atomic E-state index is 11.9. The van der Waals surface area contributed by atoms with Gasteiger partial charge in [0.05, 0.1) is 36.3 Å². The Morgan fingerprint density at radius 1 is 1.21 bits per heavy atom. The second-order valence-corrected chi connectivity index (χ2v) is 5.36. The molecule has 0 bridgehead atoms. The van der Waals surface area contributed by atoms with Crippen LogP contribution >= 0.6 is 0 Å². The molecule has 2 aromatic rings. The van der Waals surface area contributed by atoms with Crippen LogP contribution < -0.4 is 5.32 Å². The summed E-state index contributed by atoms with van der Waals surface area (Å²) in [6.45, 7) is 5.08. The molecule has 7 heteroatoms. The standard InChI is InChI=1S/C17H19N3O4/c1-10-15(18-16(22)12(3)21)11(2)20(19-10)9-13-7-5-6-8-14(13)17(23)24-4/h5-8H,9H2,1-4H3,(H,18,22). The highest BCUT2D eigenvalue weighted by molar-refractivity contribution is 6.39. The fourth-order valence-corrected chi connectivity index (χ4v) is 2.36. The smallest absolute Gasteiger partial charge is 0.338 e. The molecule has 0 aliphatic rings. The second kappa shape index (κ2) is 7.08. The zero-order valence-corrected chi connectivity index (χ0v) is 14.0. The average molecular weight is 329 g/mol. The number of Topliss-reactive ketones (excluding diaryl/α,β-unsaturated/α-hetero) is 1. The minimum Gasteiger partial charge on any atom is -0.465 e. The molecule has 0 fully saturated rings. The number of aromatic nitrogens is 2. The van der Waals surface area contributed by atoms with Gasteiger partial charge in [-0.25, -0.2) is 4.79 Å². The maximum absolute atomic E-state index is 11.9. The number of nitrogens with one attached hydrogen (secondary N) is 1. The molecule has 126 valence electrons. The molecule has 0 saturated heterocycles. The first kappa shape index (κ1) is 17.4. The topological polar surface area (TPSA) is 90.3 Å². The number of hydrogen-bond acceptors (Lipinski definition) is 5. The van der Waals surface area contributed by atoms with Crippen molar-refractivity contribution in [2.24, 2.45) is 0 Å². The number of rotatable bonds is 5. The highest BCUT2D eigenvalue weighted by Gasteiger charge is 2.18. The van der Waals surface area contributed by atoms with E-state index in [0.29, 0.717) is 29.2 Å². The zero-order chi connectivity index (χ0) is 17.9. The number of carbonyl (C=O) groups is 3. The summed E-state index contributed by atoms with van der Waals surface area (Å²) in [6, 6.07) is 7.09. The summed E-state index contributed by atoms with van der Waals surface area (Å²) in [6.07, 6.45) is 0. The predicted octanol–water partition coefficient (Wildman–Crippen LogP) is 1.86. The number of esters is 1. The molecule has 0 aliphatic heterocycles. The number of benzene rings is 1. The van der Waals surface area contributed by atoms with E-state index in [1.54, 1.807) is 30.7 Å². The fraction of sp³-hybridized carbons (Fsp3) is 0.294. The molecule has 0 saturated carbocycles. The summed E-state index contributed by atoms with van der Waals surface area (Å²) in [4.78, 5) is 34.6. The Labute approximate surface area is 139 Å². The average Bonchev–Trinajstić information content (AvgIpc) is 2.82. The second-order valence-electron chi connectivity index (χ2n) is 5.36. The van der Waals surface area contributed by atoms with E-state index in [0.717, 1.165) is 5.56 Å². The number of carbonyl (C=O) groups excluding carboxylic acids is 3. The largest absolute Gasteiger partial charge is 0.465 e. The van der Waals surface area contributed by atoms with Gasteiger partial charge in [-0.2, -0.15) is 5.10 Å². The zero-order valence-electron chi connectivity index (χ0n) is 14.0. The monoisotopic (exact) mass is 329 g/mol. The molecule has 1 N–H and O–H groups in total. The van der Waals surface area contributed by atoms with Crippen LogP contribution in [-0.4, -0.2) is 34.6 Å². The minimum absolute atomic E-state index is 0.341. The van der Waals surface area contributed by atoms with Gasteiger partial charge in [-0.05, 0) is 25.5 Å². The van der Waals surface area contributed by atoms with Crippen LogP contribution in [-0.2, 0) is 20.9 Å². The SMILES string of the molecule is COC(=O)c1ccccc1Cn1nc(C)c(NC(=O)C(C)=O)c1C. The van der Waals surface area contributed by atoms with Crippen molar-refractivity contribution in [2.45, 2.75) is 27.3 Å². The molecule has 1 heterocycles. The van der Waals surface area contributed by atoms with Gasteiger partial charge in [-0.3, -0.25) is 14.3 Å². The van der Waals surface area contributed by atoms with E-state index in [1.807, 2.05) is 12.1 Å². The van der Waals surface area contributed by atoms with E-state index < -0.39 is 17.7 Å². The van der Waals surface area contributed by atoms with Crippen molar-refractivity contribution in [1.82, 2.24) is 9.78 Å². The number of anilines is 1. The lowest BCUT2D eigenvalue weighted by Gasteiger charge is -2.10.